The number of fused-ring (bicyclic) bond motifs is 1. The third kappa shape index (κ3) is 3.36. The van der Waals surface area contributed by atoms with Gasteiger partial charge in [0, 0.05) is 22.2 Å². The molecule has 3 rings (SSSR count). The van der Waals surface area contributed by atoms with E-state index >= 15 is 0 Å². The van der Waals surface area contributed by atoms with Crippen molar-refractivity contribution in [1.82, 2.24) is 9.47 Å². The first-order chi connectivity index (χ1) is 11.6. The molecule has 0 N–H and O–H groups in total. The molecule has 0 atom stereocenters. The van der Waals surface area contributed by atoms with E-state index < -0.39 is 0 Å². The molecule has 2 aromatic carbocycles. The summed E-state index contributed by atoms with van der Waals surface area (Å²) in [5.41, 5.74) is 4.57. The Morgan fingerprint density at radius 1 is 1.00 bits per heavy atom. The molecule has 0 saturated carbocycles. The average Bonchev–Trinajstić information content (AvgIpc) is 2.82. The van der Waals surface area contributed by atoms with Crippen LogP contribution in [0.4, 0.5) is 4.39 Å². The van der Waals surface area contributed by atoms with Crippen LogP contribution in [0.5, 0.6) is 0 Å². The van der Waals surface area contributed by atoms with E-state index in [0.717, 1.165) is 24.9 Å². The minimum Gasteiger partial charge on any atom is -0.340 e. The van der Waals surface area contributed by atoms with Crippen molar-refractivity contribution in [2.75, 3.05) is 20.6 Å². The van der Waals surface area contributed by atoms with Crippen molar-refractivity contribution in [2.24, 2.45) is 0 Å². The van der Waals surface area contributed by atoms with Gasteiger partial charge in [-0.05, 0) is 58.1 Å². The van der Waals surface area contributed by atoms with Gasteiger partial charge in [-0.2, -0.15) is 0 Å². The Morgan fingerprint density at radius 3 is 2.46 bits per heavy atom. The van der Waals surface area contributed by atoms with Crippen LogP contribution in [0.3, 0.4) is 0 Å². The van der Waals surface area contributed by atoms with E-state index in [-0.39, 0.29) is 5.82 Å². The van der Waals surface area contributed by atoms with Crippen molar-refractivity contribution < 1.29 is 4.39 Å². The fraction of sp³-hybridized carbons (Fsp3) is 0.333. The van der Waals surface area contributed by atoms with E-state index in [1.54, 1.807) is 6.07 Å². The zero-order valence-electron chi connectivity index (χ0n) is 14.7. The monoisotopic (exact) mass is 324 g/mol. The van der Waals surface area contributed by atoms with Gasteiger partial charge in [-0.25, -0.2) is 4.39 Å². The number of rotatable bonds is 6. The number of aryl methyl sites for hydroxylation is 1. The van der Waals surface area contributed by atoms with Gasteiger partial charge in [-0.3, -0.25) is 0 Å². The molecule has 0 aliphatic heterocycles. The van der Waals surface area contributed by atoms with E-state index in [0.29, 0.717) is 6.54 Å². The average molecular weight is 324 g/mol. The van der Waals surface area contributed by atoms with Gasteiger partial charge in [-0.15, -0.1) is 0 Å². The van der Waals surface area contributed by atoms with Crippen molar-refractivity contribution in [3.05, 3.63) is 71.2 Å². The Kier molecular flexibility index (Phi) is 5.00. The highest BCUT2D eigenvalue weighted by atomic mass is 19.1. The predicted octanol–water partition coefficient (Wildman–Crippen LogP) is 4.63. The van der Waals surface area contributed by atoms with Gasteiger partial charge in [0.1, 0.15) is 5.82 Å². The predicted molar refractivity (Wildman–Crippen MR) is 99.1 cm³/mol. The van der Waals surface area contributed by atoms with Crippen molar-refractivity contribution >= 4 is 10.9 Å². The van der Waals surface area contributed by atoms with Gasteiger partial charge < -0.3 is 9.47 Å². The van der Waals surface area contributed by atoms with Crippen molar-refractivity contribution in [2.45, 2.75) is 26.3 Å². The number of benzene rings is 2. The lowest BCUT2D eigenvalue weighted by Gasteiger charge is -2.11. The third-order valence-electron chi connectivity index (χ3n) is 4.68. The maximum absolute atomic E-state index is 14.1. The maximum atomic E-state index is 14.1. The van der Waals surface area contributed by atoms with E-state index in [2.05, 4.69) is 54.8 Å². The first kappa shape index (κ1) is 16.7. The molecular weight excluding hydrogens is 299 g/mol. The molecule has 0 amide bonds. The number of para-hydroxylation sites is 1. The summed E-state index contributed by atoms with van der Waals surface area (Å²) in [6.45, 7) is 3.81. The summed E-state index contributed by atoms with van der Waals surface area (Å²) in [4.78, 5) is 2.22. The van der Waals surface area contributed by atoms with E-state index in [4.69, 9.17) is 0 Å². The molecular formula is C21H25FN2. The summed E-state index contributed by atoms with van der Waals surface area (Å²) >= 11 is 0. The first-order valence-electron chi connectivity index (χ1n) is 8.52. The van der Waals surface area contributed by atoms with Crippen molar-refractivity contribution in [3.8, 4) is 0 Å². The van der Waals surface area contributed by atoms with Gasteiger partial charge in [0.15, 0.2) is 0 Å². The van der Waals surface area contributed by atoms with Gasteiger partial charge in [0.05, 0.1) is 6.54 Å². The quantitative estimate of drug-likeness (QED) is 0.642. The third-order valence-corrected chi connectivity index (χ3v) is 4.68. The van der Waals surface area contributed by atoms with Crippen LogP contribution in [0.1, 0.15) is 23.2 Å². The Labute approximate surface area is 143 Å². The lowest BCUT2D eigenvalue weighted by molar-refractivity contribution is 0.400. The molecule has 0 radical (unpaired) electrons. The van der Waals surface area contributed by atoms with Crippen molar-refractivity contribution in [1.29, 1.82) is 0 Å². The van der Waals surface area contributed by atoms with Crippen LogP contribution in [-0.2, 0) is 13.0 Å². The summed E-state index contributed by atoms with van der Waals surface area (Å²) < 4.78 is 16.3. The molecule has 1 heterocycles. The summed E-state index contributed by atoms with van der Waals surface area (Å²) in [5.74, 6) is -0.135. The SMILES string of the molecule is Cc1c(CCCN(C)C)c2ccccc2n1Cc1ccccc1F. The zero-order chi connectivity index (χ0) is 17.1. The smallest absolute Gasteiger partial charge is 0.128 e. The largest absolute Gasteiger partial charge is 0.340 e. The molecule has 3 heteroatoms. The number of aromatic nitrogens is 1. The fourth-order valence-corrected chi connectivity index (χ4v) is 3.39. The highest BCUT2D eigenvalue weighted by Gasteiger charge is 2.14. The second kappa shape index (κ2) is 7.18. The Bertz CT molecular complexity index is 833. The molecule has 3 aromatic rings. The molecule has 126 valence electrons. The Balaban J connectivity index is 1.99. The second-order valence-corrected chi connectivity index (χ2v) is 6.67. The molecule has 0 spiro atoms. The number of halogens is 1. The lowest BCUT2D eigenvalue weighted by atomic mass is 10.1. The van der Waals surface area contributed by atoms with Gasteiger partial charge in [0.25, 0.3) is 0 Å². The first-order valence-corrected chi connectivity index (χ1v) is 8.52. The van der Waals surface area contributed by atoms with Gasteiger partial charge in [0.2, 0.25) is 0 Å². The molecule has 0 fully saturated rings. The molecule has 2 nitrogen and oxygen atoms in total. The summed E-state index contributed by atoms with van der Waals surface area (Å²) in [6, 6.07) is 15.5. The fourth-order valence-electron chi connectivity index (χ4n) is 3.39. The van der Waals surface area contributed by atoms with Crippen molar-refractivity contribution in [3.63, 3.8) is 0 Å². The van der Waals surface area contributed by atoms with Gasteiger partial charge in [-0.1, -0.05) is 36.4 Å². The van der Waals surface area contributed by atoms with E-state index in [1.807, 2.05) is 12.1 Å². The molecule has 1 aromatic heterocycles. The van der Waals surface area contributed by atoms with Crippen LogP contribution in [0.15, 0.2) is 48.5 Å². The maximum Gasteiger partial charge on any atom is 0.128 e. The minimum atomic E-state index is -0.135. The van der Waals surface area contributed by atoms with Crippen LogP contribution in [0, 0.1) is 12.7 Å². The molecule has 0 bridgehead atoms. The highest BCUT2D eigenvalue weighted by molar-refractivity contribution is 5.85. The van der Waals surface area contributed by atoms with Crippen LogP contribution in [0.25, 0.3) is 10.9 Å². The second-order valence-electron chi connectivity index (χ2n) is 6.67. The van der Waals surface area contributed by atoms with Crippen LogP contribution in [-0.4, -0.2) is 30.1 Å². The molecule has 0 aliphatic carbocycles. The Morgan fingerprint density at radius 2 is 1.71 bits per heavy atom. The number of nitrogens with zero attached hydrogens (tertiary/aromatic N) is 2. The molecule has 0 saturated heterocycles. The summed E-state index contributed by atoms with van der Waals surface area (Å²) in [7, 11) is 4.21. The number of hydrogen-bond donors (Lipinski definition) is 0. The standard InChI is InChI=1S/C21H25FN2/c1-16-18(11-8-14-23(2)3)19-10-5-7-13-21(19)24(16)15-17-9-4-6-12-20(17)22/h4-7,9-10,12-13H,8,11,14-15H2,1-3H3. The van der Waals surface area contributed by atoms with Crippen LogP contribution in [0.2, 0.25) is 0 Å². The minimum absolute atomic E-state index is 0.135. The van der Waals surface area contributed by atoms with Crippen LogP contribution >= 0.6 is 0 Å². The molecule has 0 aliphatic rings. The summed E-state index contributed by atoms with van der Waals surface area (Å²) in [5, 5.41) is 1.30. The van der Waals surface area contributed by atoms with Crippen LogP contribution < -0.4 is 0 Å². The zero-order valence-corrected chi connectivity index (χ0v) is 14.7. The molecule has 24 heavy (non-hydrogen) atoms. The van der Waals surface area contributed by atoms with E-state index in [1.165, 1.54) is 28.2 Å². The summed E-state index contributed by atoms with van der Waals surface area (Å²) in [6.07, 6.45) is 2.18. The molecule has 0 unspecified atom stereocenters. The normalized spacial score (nSPS) is 11.5. The topological polar surface area (TPSA) is 8.17 Å². The van der Waals surface area contributed by atoms with E-state index in [9.17, 15) is 4.39 Å². The lowest BCUT2D eigenvalue weighted by Crippen LogP contribution is -2.13. The highest BCUT2D eigenvalue weighted by Crippen LogP contribution is 2.28. The number of hydrogen-bond acceptors (Lipinski definition) is 1. The van der Waals surface area contributed by atoms with Gasteiger partial charge >= 0.3 is 0 Å². The Hall–Kier alpha value is -2.13.